The summed E-state index contributed by atoms with van der Waals surface area (Å²) in [4.78, 5) is 25.2. The van der Waals surface area contributed by atoms with E-state index in [2.05, 4.69) is 36.1 Å². The molecule has 0 atom stereocenters. The summed E-state index contributed by atoms with van der Waals surface area (Å²) in [6, 6.07) is 8.94. The summed E-state index contributed by atoms with van der Waals surface area (Å²) >= 11 is 0. The van der Waals surface area contributed by atoms with E-state index < -0.39 is 12.1 Å². The van der Waals surface area contributed by atoms with E-state index in [1.54, 1.807) is 0 Å². The molecule has 0 saturated carbocycles. The van der Waals surface area contributed by atoms with Gasteiger partial charge in [0.1, 0.15) is 0 Å². The Morgan fingerprint density at radius 2 is 1.63 bits per heavy atom. The third-order valence-corrected chi connectivity index (χ3v) is 5.23. The van der Waals surface area contributed by atoms with Crippen molar-refractivity contribution in [2.24, 2.45) is 5.41 Å². The number of halogens is 3. The quantitative estimate of drug-likeness (QED) is 0.812. The fourth-order valence-electron chi connectivity index (χ4n) is 3.56. The van der Waals surface area contributed by atoms with Crippen LogP contribution in [0.15, 0.2) is 24.3 Å². The van der Waals surface area contributed by atoms with Gasteiger partial charge in [-0.25, -0.2) is 4.79 Å². The molecule has 0 aromatic heterocycles. The monoisotopic (exact) mass is 386 g/mol. The number of carbonyl (C=O) groups excluding carboxylic acids is 1. The number of hydrogen-bond acceptors (Lipinski definition) is 3. The number of amides is 1. The second-order valence-electron chi connectivity index (χ2n) is 7.19. The van der Waals surface area contributed by atoms with E-state index in [1.807, 2.05) is 11.9 Å². The number of aliphatic carboxylic acids is 1. The molecule has 2 fully saturated rings. The van der Waals surface area contributed by atoms with Crippen molar-refractivity contribution in [1.82, 2.24) is 9.80 Å². The van der Waals surface area contributed by atoms with Crippen LogP contribution in [0, 0.1) is 5.41 Å². The Balaban J connectivity index is 0.000000321. The summed E-state index contributed by atoms with van der Waals surface area (Å²) in [5.74, 6) is -2.39. The Bertz CT molecular complexity index is 666. The third-order valence-electron chi connectivity index (χ3n) is 5.23. The van der Waals surface area contributed by atoms with Crippen LogP contribution in [0.2, 0.25) is 0 Å². The van der Waals surface area contributed by atoms with Gasteiger partial charge in [0.25, 0.3) is 0 Å². The minimum absolute atomic E-state index is 0.00266. The molecule has 3 rings (SSSR count). The molecule has 27 heavy (non-hydrogen) atoms. The number of piperidine rings is 1. The van der Waals surface area contributed by atoms with Crippen molar-refractivity contribution in [2.45, 2.75) is 38.9 Å². The molecule has 2 aliphatic rings. The van der Waals surface area contributed by atoms with Crippen LogP contribution in [0.1, 0.15) is 30.9 Å². The molecule has 1 amide bonds. The minimum Gasteiger partial charge on any atom is -0.475 e. The highest BCUT2D eigenvalue weighted by Gasteiger charge is 2.51. The van der Waals surface area contributed by atoms with Gasteiger partial charge in [0, 0.05) is 20.1 Å². The van der Waals surface area contributed by atoms with Gasteiger partial charge in [-0.05, 0) is 43.5 Å². The van der Waals surface area contributed by atoms with Gasteiger partial charge in [0.05, 0.1) is 5.41 Å². The highest BCUT2D eigenvalue weighted by atomic mass is 19.4. The number of benzene rings is 1. The second-order valence-corrected chi connectivity index (χ2v) is 7.19. The first-order valence-electron chi connectivity index (χ1n) is 8.93. The molecule has 0 unspecified atom stereocenters. The lowest BCUT2D eigenvalue weighted by atomic mass is 9.71. The number of carboxylic acids is 1. The van der Waals surface area contributed by atoms with E-state index in [0.717, 1.165) is 45.4 Å². The molecule has 0 aliphatic carbocycles. The van der Waals surface area contributed by atoms with Crippen LogP contribution in [0.4, 0.5) is 13.2 Å². The summed E-state index contributed by atoms with van der Waals surface area (Å²) in [6.45, 7) is 6.27. The Kier molecular flexibility index (Phi) is 6.51. The number of β-lactam (4-membered cyclic amide) rings is 1. The van der Waals surface area contributed by atoms with Crippen LogP contribution in [0.3, 0.4) is 0 Å². The maximum absolute atomic E-state index is 12.0. The molecule has 5 nitrogen and oxygen atoms in total. The Hall–Kier alpha value is -2.09. The SMILES string of the molecule is CCc1ccc(CN2CCC3(CC2)CN(C)C3=O)cc1.O=C(O)C(F)(F)F. The average molecular weight is 386 g/mol. The van der Waals surface area contributed by atoms with Crippen molar-refractivity contribution in [3.05, 3.63) is 35.4 Å². The Labute approximate surface area is 156 Å². The van der Waals surface area contributed by atoms with Gasteiger partial charge in [-0.2, -0.15) is 13.2 Å². The first-order valence-corrected chi connectivity index (χ1v) is 8.93. The van der Waals surface area contributed by atoms with Gasteiger partial charge in [0.15, 0.2) is 0 Å². The predicted molar refractivity (Wildman–Crippen MR) is 94.1 cm³/mol. The summed E-state index contributed by atoms with van der Waals surface area (Å²) in [5, 5.41) is 7.12. The lowest BCUT2D eigenvalue weighted by molar-refractivity contribution is -0.192. The van der Waals surface area contributed by atoms with Gasteiger partial charge < -0.3 is 10.0 Å². The van der Waals surface area contributed by atoms with Gasteiger partial charge in [-0.15, -0.1) is 0 Å². The van der Waals surface area contributed by atoms with Gasteiger partial charge in [-0.1, -0.05) is 31.2 Å². The van der Waals surface area contributed by atoms with Gasteiger partial charge in [0.2, 0.25) is 5.91 Å². The fraction of sp³-hybridized carbons (Fsp3) is 0.579. The normalized spacial score (nSPS) is 19.3. The largest absolute Gasteiger partial charge is 0.490 e. The van der Waals surface area contributed by atoms with E-state index >= 15 is 0 Å². The Morgan fingerprint density at radius 3 is 2.00 bits per heavy atom. The van der Waals surface area contributed by atoms with Crippen LogP contribution in [-0.4, -0.2) is 59.6 Å². The molecule has 0 bridgehead atoms. The van der Waals surface area contributed by atoms with Crippen molar-refractivity contribution in [3.63, 3.8) is 0 Å². The first-order chi connectivity index (χ1) is 12.6. The number of rotatable bonds is 3. The van der Waals surface area contributed by atoms with Crippen molar-refractivity contribution in [2.75, 3.05) is 26.7 Å². The lowest BCUT2D eigenvalue weighted by Crippen LogP contribution is -2.63. The number of alkyl halides is 3. The molecule has 1 spiro atoms. The molecule has 2 saturated heterocycles. The molecule has 1 aromatic rings. The van der Waals surface area contributed by atoms with Crippen LogP contribution in [0.5, 0.6) is 0 Å². The second kappa shape index (κ2) is 8.29. The molecule has 0 radical (unpaired) electrons. The Morgan fingerprint density at radius 1 is 1.15 bits per heavy atom. The third kappa shape index (κ3) is 5.22. The van der Waals surface area contributed by atoms with E-state index in [0.29, 0.717) is 5.91 Å². The molecule has 2 heterocycles. The lowest BCUT2D eigenvalue weighted by Gasteiger charge is -2.51. The number of carboxylic acid groups (broad SMARTS) is 1. The van der Waals surface area contributed by atoms with Crippen LogP contribution < -0.4 is 0 Å². The zero-order valence-corrected chi connectivity index (χ0v) is 15.6. The average Bonchev–Trinajstić information content (AvgIpc) is 2.63. The fourth-order valence-corrected chi connectivity index (χ4v) is 3.56. The summed E-state index contributed by atoms with van der Waals surface area (Å²) in [5.41, 5.74) is 2.78. The summed E-state index contributed by atoms with van der Waals surface area (Å²) in [7, 11) is 1.91. The maximum Gasteiger partial charge on any atom is 0.490 e. The molecule has 1 aromatic carbocycles. The molecular weight excluding hydrogens is 361 g/mol. The maximum atomic E-state index is 12.0. The van der Waals surface area contributed by atoms with E-state index in [4.69, 9.17) is 9.90 Å². The number of carbonyl (C=O) groups is 2. The molecule has 150 valence electrons. The smallest absolute Gasteiger partial charge is 0.475 e. The van der Waals surface area contributed by atoms with Crippen molar-refractivity contribution >= 4 is 11.9 Å². The van der Waals surface area contributed by atoms with E-state index in [-0.39, 0.29) is 5.41 Å². The first kappa shape index (κ1) is 21.2. The van der Waals surface area contributed by atoms with Gasteiger partial charge in [-0.3, -0.25) is 9.69 Å². The standard InChI is InChI=1S/C17H24N2O.C2HF3O2/c1-3-14-4-6-15(7-5-14)12-19-10-8-17(9-11-19)13-18(2)16(17)20;3-2(4,5)1(6)7/h4-7H,3,8-13H2,1-2H3;(H,6,7). The zero-order valence-electron chi connectivity index (χ0n) is 15.6. The zero-order chi connectivity index (χ0) is 20.2. The summed E-state index contributed by atoms with van der Waals surface area (Å²) in [6.07, 6.45) is -1.92. The predicted octanol–water partition coefficient (Wildman–Crippen LogP) is 2.94. The number of aryl methyl sites for hydroxylation is 1. The highest BCUT2D eigenvalue weighted by Crippen LogP contribution is 2.41. The van der Waals surface area contributed by atoms with Crippen molar-refractivity contribution in [1.29, 1.82) is 0 Å². The van der Waals surface area contributed by atoms with E-state index in [9.17, 15) is 18.0 Å². The number of hydrogen-bond donors (Lipinski definition) is 1. The summed E-state index contributed by atoms with van der Waals surface area (Å²) < 4.78 is 31.7. The van der Waals surface area contributed by atoms with E-state index in [1.165, 1.54) is 11.1 Å². The minimum atomic E-state index is -5.08. The highest BCUT2D eigenvalue weighted by molar-refractivity contribution is 5.88. The number of likely N-dealkylation sites (tertiary alicyclic amines) is 2. The van der Waals surface area contributed by atoms with Crippen LogP contribution in [0.25, 0.3) is 0 Å². The van der Waals surface area contributed by atoms with Gasteiger partial charge >= 0.3 is 12.1 Å². The number of nitrogens with zero attached hydrogens (tertiary/aromatic N) is 2. The van der Waals surface area contributed by atoms with Crippen LogP contribution >= 0.6 is 0 Å². The van der Waals surface area contributed by atoms with Crippen LogP contribution in [-0.2, 0) is 22.6 Å². The topological polar surface area (TPSA) is 60.9 Å². The molecule has 1 N–H and O–H groups in total. The molecular formula is C19H25F3N2O3. The molecule has 2 aliphatic heterocycles. The molecule has 8 heteroatoms. The van der Waals surface area contributed by atoms with Crippen molar-refractivity contribution in [3.8, 4) is 0 Å². The van der Waals surface area contributed by atoms with Crippen molar-refractivity contribution < 1.29 is 27.9 Å².